The van der Waals surface area contributed by atoms with Gasteiger partial charge in [0.2, 0.25) is 5.91 Å². The van der Waals surface area contributed by atoms with Gasteiger partial charge in [0.25, 0.3) is 0 Å². The molecule has 1 heterocycles. The molecule has 0 saturated heterocycles. The van der Waals surface area contributed by atoms with Crippen molar-refractivity contribution in [2.75, 3.05) is 39.2 Å². The van der Waals surface area contributed by atoms with Crippen molar-refractivity contribution in [3.05, 3.63) is 59.5 Å². The van der Waals surface area contributed by atoms with Gasteiger partial charge in [0.1, 0.15) is 18.1 Å². The van der Waals surface area contributed by atoms with E-state index in [0.29, 0.717) is 18.3 Å². The average Bonchev–Trinajstić information content (AvgIpc) is 3.18. The fourth-order valence-electron chi connectivity index (χ4n) is 2.82. The minimum absolute atomic E-state index is 0.101. The van der Waals surface area contributed by atoms with Crippen LogP contribution in [0.15, 0.2) is 53.9 Å². The molecule has 0 saturated carbocycles. The van der Waals surface area contributed by atoms with Crippen LogP contribution in [0.5, 0.6) is 11.5 Å². The summed E-state index contributed by atoms with van der Waals surface area (Å²) in [6, 6.07) is 15.4. The van der Waals surface area contributed by atoms with Crippen molar-refractivity contribution in [2.45, 2.75) is 13.3 Å². The second-order valence-electron chi connectivity index (χ2n) is 6.99. The molecule has 3 rings (SSSR count). The Labute approximate surface area is 181 Å². The molecular weight excluding hydrogens is 398 g/mol. The van der Waals surface area contributed by atoms with E-state index in [0.717, 1.165) is 34.9 Å². The highest BCUT2D eigenvalue weighted by Crippen LogP contribution is 2.32. The molecule has 0 aliphatic rings. The van der Waals surface area contributed by atoms with E-state index in [9.17, 15) is 4.79 Å². The molecule has 0 aliphatic carbocycles. The number of rotatable bonds is 10. The van der Waals surface area contributed by atoms with Gasteiger partial charge >= 0.3 is 0 Å². The molecule has 1 aromatic heterocycles. The number of carbonyl (C=O) groups is 1. The first-order valence-electron chi connectivity index (χ1n) is 9.89. The van der Waals surface area contributed by atoms with Crippen LogP contribution in [0.2, 0.25) is 0 Å². The van der Waals surface area contributed by atoms with Gasteiger partial charge in [0.05, 0.1) is 18.7 Å². The summed E-state index contributed by atoms with van der Waals surface area (Å²) >= 11 is 1.40. The van der Waals surface area contributed by atoms with Crippen molar-refractivity contribution in [3.63, 3.8) is 0 Å². The topological polar surface area (TPSA) is 63.7 Å². The van der Waals surface area contributed by atoms with Crippen LogP contribution in [0.1, 0.15) is 12.5 Å². The van der Waals surface area contributed by atoms with Crippen molar-refractivity contribution in [1.29, 1.82) is 0 Å². The van der Waals surface area contributed by atoms with Gasteiger partial charge in [0.15, 0.2) is 5.13 Å². The summed E-state index contributed by atoms with van der Waals surface area (Å²) in [6.45, 7) is 3.99. The van der Waals surface area contributed by atoms with Crippen molar-refractivity contribution in [3.8, 4) is 22.8 Å². The first kappa shape index (κ1) is 21.8. The lowest BCUT2D eigenvalue weighted by molar-refractivity contribution is -0.115. The minimum atomic E-state index is -0.101. The first-order valence-corrected chi connectivity index (χ1v) is 10.8. The van der Waals surface area contributed by atoms with E-state index in [-0.39, 0.29) is 12.3 Å². The van der Waals surface area contributed by atoms with E-state index in [4.69, 9.17) is 9.47 Å². The summed E-state index contributed by atoms with van der Waals surface area (Å²) in [7, 11) is 4.02. The monoisotopic (exact) mass is 425 g/mol. The van der Waals surface area contributed by atoms with Crippen LogP contribution in [0.4, 0.5) is 5.13 Å². The van der Waals surface area contributed by atoms with E-state index in [1.807, 2.05) is 74.9 Å². The van der Waals surface area contributed by atoms with Crippen LogP contribution in [-0.4, -0.2) is 49.6 Å². The van der Waals surface area contributed by atoms with Gasteiger partial charge in [-0.1, -0.05) is 24.3 Å². The molecule has 0 bridgehead atoms. The molecule has 0 fully saturated rings. The maximum Gasteiger partial charge on any atom is 0.230 e. The highest BCUT2D eigenvalue weighted by Gasteiger charge is 2.12. The van der Waals surface area contributed by atoms with Gasteiger partial charge < -0.3 is 19.7 Å². The number of anilines is 1. The number of nitrogens with zero attached hydrogens (tertiary/aromatic N) is 2. The SMILES string of the molecule is CCOc1ccc(CC(=O)Nc2nc(-c3ccccc3OCCN(C)C)cs2)cc1. The molecule has 0 aliphatic heterocycles. The predicted molar refractivity (Wildman–Crippen MR) is 122 cm³/mol. The van der Waals surface area contributed by atoms with Crippen LogP contribution >= 0.6 is 11.3 Å². The highest BCUT2D eigenvalue weighted by molar-refractivity contribution is 7.14. The molecule has 2 aromatic carbocycles. The number of aromatic nitrogens is 1. The molecule has 0 unspecified atom stereocenters. The van der Waals surface area contributed by atoms with Crippen molar-refractivity contribution >= 4 is 22.4 Å². The lowest BCUT2D eigenvalue weighted by Crippen LogP contribution is -2.19. The quantitative estimate of drug-likeness (QED) is 0.524. The molecule has 0 radical (unpaired) electrons. The molecule has 1 amide bonds. The molecule has 0 atom stereocenters. The maximum atomic E-state index is 12.4. The Kier molecular flexibility index (Phi) is 7.82. The lowest BCUT2D eigenvalue weighted by atomic mass is 10.1. The predicted octanol–water partition coefficient (Wildman–Crippen LogP) is 4.33. The zero-order valence-electron chi connectivity index (χ0n) is 17.6. The van der Waals surface area contributed by atoms with E-state index in [2.05, 4.69) is 15.2 Å². The summed E-state index contributed by atoms with van der Waals surface area (Å²) in [5, 5.41) is 5.39. The fraction of sp³-hybridized carbons (Fsp3) is 0.304. The zero-order chi connectivity index (χ0) is 21.3. The Morgan fingerprint density at radius 3 is 2.60 bits per heavy atom. The van der Waals surface area contributed by atoms with Gasteiger partial charge in [-0.15, -0.1) is 11.3 Å². The van der Waals surface area contributed by atoms with Crippen LogP contribution < -0.4 is 14.8 Å². The Bertz CT molecular complexity index is 954. The number of carbonyl (C=O) groups excluding carboxylic acids is 1. The van der Waals surface area contributed by atoms with E-state index < -0.39 is 0 Å². The van der Waals surface area contributed by atoms with E-state index in [1.165, 1.54) is 11.3 Å². The summed E-state index contributed by atoms with van der Waals surface area (Å²) in [5.74, 6) is 1.49. The third kappa shape index (κ3) is 6.30. The van der Waals surface area contributed by atoms with Gasteiger partial charge in [0, 0.05) is 17.5 Å². The summed E-state index contributed by atoms with van der Waals surface area (Å²) in [6.07, 6.45) is 0.283. The molecular formula is C23H27N3O3S. The number of thiazole rings is 1. The third-order valence-corrected chi connectivity index (χ3v) is 5.07. The number of likely N-dealkylation sites (N-methyl/N-ethyl adjacent to an activating group) is 1. The molecule has 1 N–H and O–H groups in total. The number of hydrogen-bond donors (Lipinski definition) is 1. The second kappa shape index (κ2) is 10.8. The van der Waals surface area contributed by atoms with Gasteiger partial charge in [-0.05, 0) is 50.8 Å². The average molecular weight is 426 g/mol. The highest BCUT2D eigenvalue weighted by atomic mass is 32.1. The Hall–Kier alpha value is -2.90. The normalized spacial score (nSPS) is 10.8. The number of ether oxygens (including phenoxy) is 2. The molecule has 0 spiro atoms. The minimum Gasteiger partial charge on any atom is -0.494 e. The third-order valence-electron chi connectivity index (χ3n) is 4.31. The zero-order valence-corrected chi connectivity index (χ0v) is 18.4. The van der Waals surface area contributed by atoms with Gasteiger partial charge in [-0.3, -0.25) is 4.79 Å². The van der Waals surface area contributed by atoms with Crippen LogP contribution in [0.25, 0.3) is 11.3 Å². The van der Waals surface area contributed by atoms with Crippen LogP contribution in [0, 0.1) is 0 Å². The Morgan fingerprint density at radius 2 is 1.87 bits per heavy atom. The molecule has 3 aromatic rings. The molecule has 7 heteroatoms. The van der Waals surface area contributed by atoms with Crippen molar-refractivity contribution in [1.82, 2.24) is 9.88 Å². The second-order valence-corrected chi connectivity index (χ2v) is 7.85. The van der Waals surface area contributed by atoms with Crippen molar-refractivity contribution < 1.29 is 14.3 Å². The van der Waals surface area contributed by atoms with Gasteiger partial charge in [-0.2, -0.15) is 0 Å². The van der Waals surface area contributed by atoms with Crippen molar-refractivity contribution in [2.24, 2.45) is 0 Å². The van der Waals surface area contributed by atoms with Crippen LogP contribution in [-0.2, 0) is 11.2 Å². The largest absolute Gasteiger partial charge is 0.494 e. The van der Waals surface area contributed by atoms with E-state index >= 15 is 0 Å². The smallest absolute Gasteiger partial charge is 0.230 e. The Morgan fingerprint density at radius 1 is 1.10 bits per heavy atom. The summed E-state index contributed by atoms with van der Waals surface area (Å²) in [5.41, 5.74) is 2.63. The van der Waals surface area contributed by atoms with Gasteiger partial charge in [-0.25, -0.2) is 4.98 Å². The number of amides is 1. The maximum absolute atomic E-state index is 12.4. The van der Waals surface area contributed by atoms with Crippen LogP contribution in [0.3, 0.4) is 0 Å². The first-order chi connectivity index (χ1) is 14.5. The number of para-hydroxylation sites is 1. The Balaban J connectivity index is 1.61. The van der Waals surface area contributed by atoms with E-state index in [1.54, 1.807) is 0 Å². The standard InChI is InChI=1S/C23H27N3O3S/c1-4-28-18-11-9-17(10-12-18)15-22(27)25-23-24-20(16-30-23)19-7-5-6-8-21(19)29-14-13-26(2)3/h5-12,16H,4,13-15H2,1-3H3,(H,24,25,27). The number of nitrogens with one attached hydrogen (secondary N) is 1. The fourth-order valence-corrected chi connectivity index (χ4v) is 3.54. The molecule has 30 heavy (non-hydrogen) atoms. The molecule has 6 nitrogen and oxygen atoms in total. The number of hydrogen-bond acceptors (Lipinski definition) is 6. The lowest BCUT2D eigenvalue weighted by Gasteiger charge is -2.13. The molecule has 158 valence electrons. The summed E-state index contributed by atoms with van der Waals surface area (Å²) in [4.78, 5) is 19.1. The number of benzene rings is 2. The summed E-state index contributed by atoms with van der Waals surface area (Å²) < 4.78 is 11.4.